The van der Waals surface area contributed by atoms with E-state index in [1.807, 2.05) is 18.2 Å². The first-order valence-electron chi connectivity index (χ1n) is 7.68. The monoisotopic (exact) mass is 342 g/mol. The Labute approximate surface area is 147 Å². The maximum Gasteiger partial charge on any atom is 0.341 e. The lowest BCUT2D eigenvalue weighted by Crippen LogP contribution is -2.24. The number of carbonyl (C=O) groups excluding carboxylic acids is 2. The lowest BCUT2D eigenvalue weighted by molar-refractivity contribution is -0.135. The van der Waals surface area contributed by atoms with Crippen molar-refractivity contribution in [2.24, 2.45) is 5.10 Å². The molecule has 132 valence electrons. The molecule has 25 heavy (non-hydrogen) atoms. The van der Waals surface area contributed by atoms with Gasteiger partial charge in [-0.05, 0) is 12.1 Å². The van der Waals surface area contributed by atoms with Gasteiger partial charge in [-0.2, -0.15) is 10.1 Å². The van der Waals surface area contributed by atoms with E-state index >= 15 is 0 Å². The molecule has 0 aromatic heterocycles. The highest BCUT2D eigenvalue weighted by Gasteiger charge is 2.36. The van der Waals surface area contributed by atoms with Crippen molar-refractivity contribution in [1.29, 1.82) is 0 Å². The molecule has 0 unspecified atom stereocenters. The molecule has 1 aliphatic rings. The third kappa shape index (κ3) is 4.06. The number of anilines is 1. The van der Waals surface area contributed by atoms with Crippen LogP contribution in [0.15, 0.2) is 59.0 Å². The highest BCUT2D eigenvalue weighted by Crippen LogP contribution is 2.26. The van der Waals surface area contributed by atoms with Gasteiger partial charge in [-0.1, -0.05) is 18.2 Å². The van der Waals surface area contributed by atoms with Crippen LogP contribution in [0.4, 0.5) is 5.69 Å². The number of methoxy groups -OCH3 is 1. The third-order valence-corrected chi connectivity index (χ3v) is 3.31. The van der Waals surface area contributed by atoms with E-state index in [-0.39, 0.29) is 17.2 Å². The molecule has 0 fully saturated rings. The topological polar surface area (TPSA) is 65.5 Å². The van der Waals surface area contributed by atoms with E-state index in [0.717, 1.165) is 0 Å². The molecule has 0 aliphatic carbocycles. The van der Waals surface area contributed by atoms with E-state index in [4.69, 9.17) is 4.74 Å². The molecule has 1 aromatic carbocycles. The Morgan fingerprint density at radius 1 is 1.12 bits per heavy atom. The number of esters is 1. The first kappa shape index (κ1) is 18.3. The van der Waals surface area contributed by atoms with Gasteiger partial charge in [-0.15, -0.1) is 0 Å². The molecular formula is C18H22N4O3. The molecular weight excluding hydrogens is 320 g/mol. The molecule has 7 heteroatoms. The van der Waals surface area contributed by atoms with Gasteiger partial charge in [0.2, 0.25) is 0 Å². The smallest absolute Gasteiger partial charge is 0.341 e. The van der Waals surface area contributed by atoms with Crippen molar-refractivity contribution in [3.05, 3.63) is 53.9 Å². The number of hydrazone groups is 1. The first-order chi connectivity index (χ1) is 11.8. The summed E-state index contributed by atoms with van der Waals surface area (Å²) in [7, 11) is 8.47. The molecule has 1 aromatic rings. The quantitative estimate of drug-likeness (QED) is 0.599. The van der Waals surface area contributed by atoms with Crippen molar-refractivity contribution in [2.45, 2.75) is 0 Å². The van der Waals surface area contributed by atoms with Gasteiger partial charge in [-0.3, -0.25) is 4.79 Å². The summed E-state index contributed by atoms with van der Waals surface area (Å²) in [6.45, 7) is 0. The maximum absolute atomic E-state index is 12.9. The molecule has 0 radical (unpaired) electrons. The van der Waals surface area contributed by atoms with Crippen molar-refractivity contribution in [2.75, 3.05) is 40.3 Å². The van der Waals surface area contributed by atoms with Crippen molar-refractivity contribution in [3.63, 3.8) is 0 Å². The molecule has 0 N–H and O–H groups in total. The Morgan fingerprint density at radius 2 is 1.76 bits per heavy atom. The summed E-state index contributed by atoms with van der Waals surface area (Å²) < 4.78 is 4.87. The van der Waals surface area contributed by atoms with Crippen LogP contribution in [-0.2, 0) is 14.3 Å². The van der Waals surface area contributed by atoms with Crippen LogP contribution in [0.3, 0.4) is 0 Å². The van der Waals surface area contributed by atoms with Gasteiger partial charge in [-0.25, -0.2) is 4.79 Å². The van der Waals surface area contributed by atoms with E-state index in [1.165, 1.54) is 12.1 Å². The zero-order chi connectivity index (χ0) is 18.6. The fourth-order valence-electron chi connectivity index (χ4n) is 2.31. The Bertz CT molecular complexity index is 749. The van der Waals surface area contributed by atoms with Crippen LogP contribution >= 0.6 is 0 Å². The van der Waals surface area contributed by atoms with Gasteiger partial charge in [0.15, 0.2) is 0 Å². The maximum atomic E-state index is 12.9. The Hall–Kier alpha value is -3.09. The van der Waals surface area contributed by atoms with Gasteiger partial charge in [0.1, 0.15) is 11.3 Å². The van der Waals surface area contributed by atoms with E-state index in [2.05, 4.69) is 5.10 Å². The molecule has 0 atom stereocenters. The first-order valence-corrected chi connectivity index (χ1v) is 7.68. The number of ether oxygens (including phenoxy) is 1. The largest absolute Gasteiger partial charge is 0.465 e. The minimum atomic E-state index is -0.556. The van der Waals surface area contributed by atoms with E-state index in [1.54, 1.807) is 62.5 Å². The SMILES string of the molecule is COC(=O)/C(=C\N(C)C)C1=NN(c2ccccc2)C(=O)/C1=C\N(C)C. The fourth-order valence-corrected chi connectivity index (χ4v) is 2.31. The minimum Gasteiger partial charge on any atom is -0.465 e. The van der Waals surface area contributed by atoms with Crippen LogP contribution in [0.1, 0.15) is 0 Å². The van der Waals surface area contributed by atoms with Gasteiger partial charge in [0, 0.05) is 40.6 Å². The summed E-state index contributed by atoms with van der Waals surface area (Å²) in [6, 6.07) is 9.07. The lowest BCUT2D eigenvalue weighted by atomic mass is 10.0. The van der Waals surface area contributed by atoms with Crippen molar-refractivity contribution < 1.29 is 14.3 Å². The molecule has 1 heterocycles. The number of nitrogens with zero attached hydrogens (tertiary/aromatic N) is 4. The summed E-state index contributed by atoms with van der Waals surface area (Å²) in [6.07, 6.45) is 3.24. The number of hydrogen-bond acceptors (Lipinski definition) is 6. The van der Waals surface area contributed by atoms with Gasteiger partial charge in [0.05, 0.1) is 18.4 Å². The third-order valence-electron chi connectivity index (χ3n) is 3.31. The second kappa shape index (κ2) is 7.65. The van der Waals surface area contributed by atoms with E-state index < -0.39 is 5.97 Å². The van der Waals surface area contributed by atoms with Crippen LogP contribution in [0.5, 0.6) is 0 Å². The predicted octanol–water partition coefficient (Wildman–Crippen LogP) is 1.45. The summed E-state index contributed by atoms with van der Waals surface area (Å²) in [5, 5.41) is 5.69. The molecule has 0 spiro atoms. The zero-order valence-electron chi connectivity index (χ0n) is 15.1. The average molecular weight is 342 g/mol. The number of amides is 1. The average Bonchev–Trinajstić information content (AvgIpc) is 2.89. The molecule has 1 amide bonds. The molecule has 0 saturated carbocycles. The number of para-hydroxylation sites is 1. The Balaban J connectivity index is 2.60. The summed E-state index contributed by atoms with van der Waals surface area (Å²) >= 11 is 0. The second-order valence-electron chi connectivity index (χ2n) is 5.91. The highest BCUT2D eigenvalue weighted by atomic mass is 16.5. The normalized spacial score (nSPS) is 16.1. The Kier molecular flexibility index (Phi) is 5.59. The molecule has 1 aliphatic heterocycles. The summed E-state index contributed by atoms with van der Waals surface area (Å²) in [4.78, 5) is 28.6. The van der Waals surface area contributed by atoms with Crippen molar-refractivity contribution in [3.8, 4) is 0 Å². The van der Waals surface area contributed by atoms with Gasteiger partial charge in [0.25, 0.3) is 5.91 Å². The Morgan fingerprint density at radius 3 is 2.28 bits per heavy atom. The van der Waals surface area contributed by atoms with E-state index in [9.17, 15) is 9.59 Å². The fraction of sp³-hybridized carbons (Fsp3) is 0.278. The second-order valence-corrected chi connectivity index (χ2v) is 5.91. The predicted molar refractivity (Wildman–Crippen MR) is 96.9 cm³/mol. The van der Waals surface area contributed by atoms with Crippen LogP contribution < -0.4 is 5.01 Å². The van der Waals surface area contributed by atoms with Crippen LogP contribution in [-0.4, -0.2) is 62.7 Å². The van der Waals surface area contributed by atoms with Crippen LogP contribution in [0, 0.1) is 0 Å². The molecule has 0 bridgehead atoms. The van der Waals surface area contributed by atoms with Crippen LogP contribution in [0.25, 0.3) is 0 Å². The van der Waals surface area contributed by atoms with Crippen molar-refractivity contribution >= 4 is 23.3 Å². The number of carbonyl (C=O) groups is 2. The number of benzene rings is 1. The number of hydrogen-bond donors (Lipinski definition) is 0. The minimum absolute atomic E-state index is 0.215. The van der Waals surface area contributed by atoms with E-state index in [0.29, 0.717) is 11.3 Å². The summed E-state index contributed by atoms with van der Waals surface area (Å²) in [5.74, 6) is -0.858. The highest BCUT2D eigenvalue weighted by molar-refractivity contribution is 6.40. The molecule has 2 rings (SSSR count). The van der Waals surface area contributed by atoms with Crippen LogP contribution in [0.2, 0.25) is 0 Å². The van der Waals surface area contributed by atoms with Gasteiger partial charge < -0.3 is 14.5 Å². The summed E-state index contributed by atoms with van der Waals surface area (Å²) in [5.41, 5.74) is 1.45. The molecule has 0 saturated heterocycles. The number of rotatable bonds is 5. The lowest BCUT2D eigenvalue weighted by Gasteiger charge is -2.12. The van der Waals surface area contributed by atoms with Crippen molar-refractivity contribution in [1.82, 2.24) is 9.80 Å². The van der Waals surface area contributed by atoms with Gasteiger partial charge >= 0.3 is 5.97 Å². The zero-order valence-corrected chi connectivity index (χ0v) is 15.1. The standard InChI is InChI=1S/C18H22N4O3/c1-20(2)11-14-16(15(12-21(3)4)18(24)25-5)19-22(17(14)23)13-9-7-6-8-10-13/h6-12H,1-5H3/b14-11-,15-12-. The molecule has 7 nitrogen and oxygen atoms in total.